The van der Waals surface area contributed by atoms with E-state index in [1.54, 1.807) is 0 Å². The van der Waals surface area contributed by atoms with Crippen molar-refractivity contribution in [2.75, 3.05) is 13.2 Å². The van der Waals surface area contributed by atoms with E-state index in [2.05, 4.69) is 43.3 Å². The van der Waals surface area contributed by atoms with Crippen molar-refractivity contribution in [2.24, 2.45) is 0 Å². The number of rotatable bonds is 7. The average molecular weight is 389 g/mol. The molecule has 1 saturated heterocycles. The predicted octanol–water partition coefficient (Wildman–Crippen LogP) is 3.40. The van der Waals surface area contributed by atoms with E-state index in [-0.39, 0.29) is 56.7 Å². The number of aliphatic hydroxyl groups excluding tert-OH is 1. The average Bonchev–Trinajstić information content (AvgIpc) is 2.52. The fourth-order valence-corrected chi connectivity index (χ4v) is 2.65. The third-order valence-electron chi connectivity index (χ3n) is 4.38. The summed E-state index contributed by atoms with van der Waals surface area (Å²) >= 11 is 0. The van der Waals surface area contributed by atoms with Crippen LogP contribution in [0.5, 0.6) is 0 Å². The van der Waals surface area contributed by atoms with Gasteiger partial charge in [0.15, 0.2) is 0 Å². The van der Waals surface area contributed by atoms with Crippen molar-refractivity contribution in [1.29, 1.82) is 0 Å². The Morgan fingerprint density at radius 3 is 2.48 bits per heavy atom. The number of benzene rings is 1. The molecular formula is C19H26NO2Y-. The summed E-state index contributed by atoms with van der Waals surface area (Å²) in [6.45, 7) is 8.64. The van der Waals surface area contributed by atoms with Crippen molar-refractivity contribution < 1.29 is 42.6 Å². The number of likely N-dealkylation sites (tertiary alicyclic amines) is 1. The maximum atomic E-state index is 11.8. The number of aliphatic hydroxyl groups is 1. The Morgan fingerprint density at radius 2 is 1.96 bits per heavy atom. The van der Waals surface area contributed by atoms with Crippen LogP contribution in [-0.2, 0) is 42.9 Å². The van der Waals surface area contributed by atoms with Crippen LogP contribution < -0.4 is 0 Å². The minimum absolute atomic E-state index is 0. The van der Waals surface area contributed by atoms with Crippen molar-refractivity contribution in [2.45, 2.75) is 44.6 Å². The van der Waals surface area contributed by atoms with E-state index in [9.17, 15) is 9.90 Å². The smallest absolute Gasteiger partial charge is 0.225 e. The molecule has 0 bridgehead atoms. The van der Waals surface area contributed by atoms with Gasteiger partial charge < -0.3 is 16.9 Å². The van der Waals surface area contributed by atoms with Crippen LogP contribution in [0.1, 0.15) is 50.3 Å². The zero-order valence-electron chi connectivity index (χ0n) is 14.2. The van der Waals surface area contributed by atoms with E-state index >= 15 is 0 Å². The van der Waals surface area contributed by atoms with Gasteiger partial charge in [-0.1, -0.05) is 56.7 Å². The molecule has 3 nitrogen and oxygen atoms in total. The van der Waals surface area contributed by atoms with Crippen molar-refractivity contribution in [1.82, 2.24) is 4.90 Å². The summed E-state index contributed by atoms with van der Waals surface area (Å²) in [5.74, 6) is 0.212. The summed E-state index contributed by atoms with van der Waals surface area (Å²) in [4.78, 5) is 13.7. The third kappa shape index (κ3) is 4.98. The number of allylic oxidation sites excluding steroid dienone is 1. The van der Waals surface area contributed by atoms with E-state index in [0.717, 1.165) is 18.4 Å². The third-order valence-corrected chi connectivity index (χ3v) is 4.38. The van der Waals surface area contributed by atoms with Crippen LogP contribution >= 0.6 is 0 Å². The second kappa shape index (κ2) is 9.10. The molecule has 1 radical (unpaired) electrons. The number of carbonyl (C=O) groups excluding carboxylic acids is 1. The van der Waals surface area contributed by atoms with Gasteiger partial charge >= 0.3 is 0 Å². The van der Waals surface area contributed by atoms with Crippen LogP contribution in [0, 0.1) is 6.92 Å². The molecule has 0 aromatic heterocycles. The molecular weight excluding hydrogens is 363 g/mol. The molecule has 1 aliphatic rings. The summed E-state index contributed by atoms with van der Waals surface area (Å²) in [5, 5.41) is 9.44. The molecule has 1 N–H and O–H groups in total. The Labute approximate surface area is 165 Å². The number of hydrogen-bond acceptors (Lipinski definition) is 2. The Balaban J connectivity index is 0.00000264. The van der Waals surface area contributed by atoms with E-state index in [1.807, 2.05) is 18.7 Å². The maximum absolute atomic E-state index is 11.8. The van der Waals surface area contributed by atoms with E-state index < -0.39 is 0 Å². The van der Waals surface area contributed by atoms with Crippen LogP contribution in [-0.4, -0.2) is 29.1 Å². The van der Waals surface area contributed by atoms with Crippen molar-refractivity contribution >= 4 is 5.91 Å². The molecule has 0 unspecified atom stereocenters. The summed E-state index contributed by atoms with van der Waals surface area (Å²) in [7, 11) is 0. The van der Waals surface area contributed by atoms with Gasteiger partial charge in [-0.3, -0.25) is 4.79 Å². The molecule has 0 spiro atoms. The van der Waals surface area contributed by atoms with Crippen molar-refractivity contribution in [3.63, 3.8) is 0 Å². The predicted molar refractivity (Wildman–Crippen MR) is 89.4 cm³/mol. The molecule has 0 saturated carbocycles. The van der Waals surface area contributed by atoms with E-state index in [4.69, 9.17) is 0 Å². The summed E-state index contributed by atoms with van der Waals surface area (Å²) in [5.41, 5.74) is 2.05. The Hall–Kier alpha value is -0.506. The minimum atomic E-state index is -0.232. The Bertz CT molecular complexity index is 537. The monoisotopic (exact) mass is 389 g/mol. The van der Waals surface area contributed by atoms with Crippen LogP contribution in [0.25, 0.3) is 0 Å². The fourth-order valence-electron chi connectivity index (χ4n) is 2.65. The first-order valence-electron chi connectivity index (χ1n) is 7.94. The van der Waals surface area contributed by atoms with Gasteiger partial charge in [0.2, 0.25) is 5.91 Å². The van der Waals surface area contributed by atoms with Gasteiger partial charge in [0, 0.05) is 44.7 Å². The maximum Gasteiger partial charge on any atom is 0.225 e. The molecule has 4 heteroatoms. The molecule has 2 rings (SSSR count). The zero-order chi connectivity index (χ0) is 16.2. The van der Waals surface area contributed by atoms with Gasteiger partial charge in [-0.2, -0.15) is 6.42 Å². The van der Waals surface area contributed by atoms with E-state index in [0.29, 0.717) is 13.0 Å². The fraction of sp³-hybridized carbons (Fsp3) is 0.474. The second-order valence-corrected chi connectivity index (χ2v) is 6.54. The molecule has 1 aromatic carbocycles. The molecule has 0 aliphatic carbocycles. The first-order chi connectivity index (χ1) is 10.5. The topological polar surface area (TPSA) is 40.5 Å². The molecule has 1 atom stereocenters. The van der Waals surface area contributed by atoms with Gasteiger partial charge in [0.1, 0.15) is 0 Å². The quantitative estimate of drug-likeness (QED) is 0.441. The summed E-state index contributed by atoms with van der Waals surface area (Å²) < 4.78 is 0. The van der Waals surface area contributed by atoms with Crippen LogP contribution in [0.4, 0.5) is 0 Å². The van der Waals surface area contributed by atoms with Crippen LogP contribution in [0.3, 0.4) is 0 Å². The van der Waals surface area contributed by atoms with Gasteiger partial charge in [0.25, 0.3) is 0 Å². The van der Waals surface area contributed by atoms with E-state index in [1.165, 1.54) is 5.56 Å². The molecule has 1 amide bonds. The number of amides is 1. The standard InChI is InChI=1S/C19H26NO2.Y/c1-4-5-6-7-12-20-17(13-18(20)22)15-8-10-16(11-9-15)19(2,3)14-21;/h6-11,17,21H,1,4-5,12-14H2,2-3H3;/q-1;/t17-;/m1./s1. The number of β-lactam (4-membered cyclic amide) rings is 1. The van der Waals surface area contributed by atoms with Gasteiger partial charge in [-0.05, 0) is 11.1 Å². The van der Waals surface area contributed by atoms with Gasteiger partial charge in [-0.15, -0.1) is 0 Å². The molecule has 1 fully saturated rings. The molecule has 1 heterocycles. The molecule has 123 valence electrons. The summed E-state index contributed by atoms with van der Waals surface area (Å²) in [6, 6.07) is 8.46. The Morgan fingerprint density at radius 1 is 1.30 bits per heavy atom. The molecule has 1 aliphatic heterocycles. The van der Waals surface area contributed by atoms with Gasteiger partial charge in [0.05, 0.1) is 19.1 Å². The largest absolute Gasteiger partial charge is 0.395 e. The minimum Gasteiger partial charge on any atom is -0.395 e. The van der Waals surface area contributed by atoms with Crippen molar-refractivity contribution in [3.8, 4) is 0 Å². The number of unbranched alkanes of at least 4 members (excludes halogenated alkanes) is 1. The number of nitrogens with zero attached hydrogens (tertiary/aromatic N) is 1. The number of hydrogen-bond donors (Lipinski definition) is 1. The molecule has 23 heavy (non-hydrogen) atoms. The van der Waals surface area contributed by atoms with Gasteiger partial charge in [-0.25, -0.2) is 0 Å². The van der Waals surface area contributed by atoms with Crippen molar-refractivity contribution in [3.05, 3.63) is 54.5 Å². The molecule has 1 aromatic rings. The zero-order valence-corrected chi connectivity index (χ0v) is 17.0. The summed E-state index contributed by atoms with van der Waals surface area (Å²) in [6.07, 6.45) is 6.57. The normalized spacial score (nSPS) is 18.0. The first-order valence-corrected chi connectivity index (χ1v) is 7.94. The Kier molecular flexibility index (Phi) is 8.13. The first kappa shape index (κ1) is 20.5. The SMILES string of the molecule is [CH2-]CCC=CCN1C(=O)C[C@@H]1c1ccc(C(C)(C)CO)cc1.[Y]. The second-order valence-electron chi connectivity index (χ2n) is 6.54. The number of carbonyl (C=O) groups is 1. The van der Waals surface area contributed by atoms with Crippen LogP contribution in [0.2, 0.25) is 0 Å². The van der Waals surface area contributed by atoms with Crippen LogP contribution in [0.15, 0.2) is 36.4 Å².